The van der Waals surface area contributed by atoms with Gasteiger partial charge in [-0.3, -0.25) is 11.3 Å². The van der Waals surface area contributed by atoms with Crippen molar-refractivity contribution < 1.29 is 4.39 Å². The smallest absolute Gasteiger partial charge is 0.129 e. The molecule has 0 aromatic heterocycles. The normalized spacial score (nSPS) is 12.7. The van der Waals surface area contributed by atoms with Crippen molar-refractivity contribution in [3.8, 4) is 0 Å². The van der Waals surface area contributed by atoms with Crippen LogP contribution in [0.2, 0.25) is 5.02 Å². The molecule has 0 saturated heterocycles. The molecule has 0 saturated carbocycles. The molecule has 0 amide bonds. The molecule has 1 rings (SSSR count). The van der Waals surface area contributed by atoms with Crippen LogP contribution in [-0.4, -0.2) is 0 Å². The fourth-order valence-corrected chi connectivity index (χ4v) is 2.22. The standard InChI is InChI=1S/C14H22ClFN2/c1-2-3-4-5-6-7-14(18-17)12-9-8-11(15)10-13(12)16/h8-10,14,18H,2-7,17H2,1H3. The number of unbranched alkanes of at least 4 members (excludes halogenated alkanes) is 4. The molecule has 18 heavy (non-hydrogen) atoms. The third-order valence-electron chi connectivity index (χ3n) is 3.14. The van der Waals surface area contributed by atoms with Gasteiger partial charge in [-0.2, -0.15) is 0 Å². The summed E-state index contributed by atoms with van der Waals surface area (Å²) in [5, 5.41) is 0.412. The van der Waals surface area contributed by atoms with Crippen molar-refractivity contribution in [1.29, 1.82) is 0 Å². The van der Waals surface area contributed by atoms with Crippen LogP contribution in [0.15, 0.2) is 18.2 Å². The van der Waals surface area contributed by atoms with Gasteiger partial charge in [-0.1, -0.05) is 56.7 Å². The van der Waals surface area contributed by atoms with Crippen molar-refractivity contribution in [2.75, 3.05) is 0 Å². The average Bonchev–Trinajstić information content (AvgIpc) is 2.35. The summed E-state index contributed by atoms with van der Waals surface area (Å²) in [6, 6.07) is 4.59. The number of hydrogen-bond donors (Lipinski definition) is 2. The van der Waals surface area contributed by atoms with Crippen LogP contribution in [0.1, 0.15) is 57.1 Å². The van der Waals surface area contributed by atoms with Crippen LogP contribution < -0.4 is 11.3 Å². The van der Waals surface area contributed by atoms with Crippen LogP contribution in [0.4, 0.5) is 4.39 Å². The van der Waals surface area contributed by atoms with Crippen LogP contribution in [0, 0.1) is 5.82 Å². The molecule has 0 fully saturated rings. The SMILES string of the molecule is CCCCCCCC(NN)c1ccc(Cl)cc1F. The first-order chi connectivity index (χ1) is 8.69. The number of nitrogens with one attached hydrogen (secondary N) is 1. The third kappa shape index (κ3) is 4.92. The fraction of sp³-hybridized carbons (Fsp3) is 0.571. The monoisotopic (exact) mass is 272 g/mol. The molecule has 1 unspecified atom stereocenters. The van der Waals surface area contributed by atoms with Gasteiger partial charge < -0.3 is 0 Å². The first-order valence-electron chi connectivity index (χ1n) is 6.60. The van der Waals surface area contributed by atoms with Crippen LogP contribution in [0.3, 0.4) is 0 Å². The predicted octanol–water partition coefficient (Wildman–Crippen LogP) is 4.34. The number of halogens is 2. The summed E-state index contributed by atoms with van der Waals surface area (Å²) in [6.45, 7) is 2.19. The van der Waals surface area contributed by atoms with E-state index in [9.17, 15) is 4.39 Å². The minimum Gasteiger partial charge on any atom is -0.271 e. The molecule has 0 aliphatic carbocycles. The number of hydrazine groups is 1. The van der Waals surface area contributed by atoms with E-state index in [4.69, 9.17) is 17.4 Å². The van der Waals surface area contributed by atoms with Gasteiger partial charge in [-0.25, -0.2) is 4.39 Å². The van der Waals surface area contributed by atoms with E-state index in [1.54, 1.807) is 12.1 Å². The maximum atomic E-state index is 13.7. The van der Waals surface area contributed by atoms with Gasteiger partial charge >= 0.3 is 0 Å². The quantitative estimate of drug-likeness (QED) is 0.420. The molecule has 0 spiro atoms. The molecule has 4 heteroatoms. The number of nitrogens with two attached hydrogens (primary N) is 1. The zero-order chi connectivity index (χ0) is 13.4. The van der Waals surface area contributed by atoms with E-state index >= 15 is 0 Å². The second-order valence-electron chi connectivity index (χ2n) is 4.59. The highest BCUT2D eigenvalue weighted by Crippen LogP contribution is 2.24. The lowest BCUT2D eigenvalue weighted by atomic mass is 10.00. The summed E-state index contributed by atoms with van der Waals surface area (Å²) in [6.07, 6.45) is 6.79. The maximum absolute atomic E-state index is 13.7. The summed E-state index contributed by atoms with van der Waals surface area (Å²) in [4.78, 5) is 0. The molecular weight excluding hydrogens is 251 g/mol. The Morgan fingerprint density at radius 3 is 2.61 bits per heavy atom. The lowest BCUT2D eigenvalue weighted by Gasteiger charge is -2.17. The van der Waals surface area contributed by atoms with E-state index in [1.165, 1.54) is 31.7 Å². The van der Waals surface area contributed by atoms with Crippen molar-refractivity contribution in [1.82, 2.24) is 5.43 Å². The summed E-state index contributed by atoms with van der Waals surface area (Å²) in [5.74, 6) is 5.21. The van der Waals surface area contributed by atoms with Gasteiger partial charge in [0.05, 0.1) is 0 Å². The van der Waals surface area contributed by atoms with E-state index < -0.39 is 0 Å². The zero-order valence-corrected chi connectivity index (χ0v) is 11.6. The van der Waals surface area contributed by atoms with Crippen molar-refractivity contribution >= 4 is 11.6 Å². The lowest BCUT2D eigenvalue weighted by Crippen LogP contribution is -2.28. The molecule has 102 valence electrons. The average molecular weight is 273 g/mol. The molecule has 1 atom stereocenters. The van der Waals surface area contributed by atoms with E-state index in [-0.39, 0.29) is 11.9 Å². The topological polar surface area (TPSA) is 38.0 Å². The summed E-state index contributed by atoms with van der Waals surface area (Å²) >= 11 is 5.73. The van der Waals surface area contributed by atoms with Crippen molar-refractivity contribution in [2.24, 2.45) is 5.84 Å². The number of benzene rings is 1. The minimum absolute atomic E-state index is 0.135. The Hall–Kier alpha value is -0.640. The second kappa shape index (κ2) is 8.46. The Labute approximate surface area is 114 Å². The van der Waals surface area contributed by atoms with E-state index in [0.29, 0.717) is 10.6 Å². The van der Waals surface area contributed by atoms with Crippen molar-refractivity contribution in [3.63, 3.8) is 0 Å². The highest BCUT2D eigenvalue weighted by Gasteiger charge is 2.14. The van der Waals surface area contributed by atoms with E-state index in [1.807, 2.05) is 0 Å². The van der Waals surface area contributed by atoms with Gasteiger partial charge in [-0.05, 0) is 18.6 Å². The van der Waals surface area contributed by atoms with Crippen molar-refractivity contribution in [3.05, 3.63) is 34.6 Å². The molecule has 1 aromatic carbocycles. The van der Waals surface area contributed by atoms with E-state index in [0.717, 1.165) is 12.8 Å². The fourth-order valence-electron chi connectivity index (χ4n) is 2.06. The molecular formula is C14H22ClFN2. The molecule has 1 aromatic rings. The predicted molar refractivity (Wildman–Crippen MR) is 74.9 cm³/mol. The van der Waals surface area contributed by atoms with Crippen LogP contribution in [-0.2, 0) is 0 Å². The van der Waals surface area contributed by atoms with Gasteiger partial charge in [0, 0.05) is 16.6 Å². The van der Waals surface area contributed by atoms with Crippen LogP contribution in [0.25, 0.3) is 0 Å². The van der Waals surface area contributed by atoms with Gasteiger partial charge in [0.1, 0.15) is 5.82 Å². The van der Waals surface area contributed by atoms with Gasteiger partial charge in [0.25, 0.3) is 0 Å². The highest BCUT2D eigenvalue weighted by molar-refractivity contribution is 6.30. The Bertz CT molecular complexity index is 358. The number of rotatable bonds is 8. The first kappa shape index (κ1) is 15.4. The third-order valence-corrected chi connectivity index (χ3v) is 3.37. The zero-order valence-electron chi connectivity index (χ0n) is 10.9. The Balaban J connectivity index is 2.49. The van der Waals surface area contributed by atoms with Crippen LogP contribution in [0.5, 0.6) is 0 Å². The summed E-state index contributed by atoms with van der Waals surface area (Å²) < 4.78 is 13.7. The largest absolute Gasteiger partial charge is 0.271 e. The summed E-state index contributed by atoms with van der Waals surface area (Å²) in [5.41, 5.74) is 3.28. The Morgan fingerprint density at radius 1 is 1.28 bits per heavy atom. The molecule has 3 N–H and O–H groups in total. The molecule has 2 nitrogen and oxygen atoms in total. The molecule has 0 aliphatic rings. The van der Waals surface area contributed by atoms with Crippen molar-refractivity contribution in [2.45, 2.75) is 51.5 Å². The van der Waals surface area contributed by atoms with Gasteiger partial charge in [-0.15, -0.1) is 0 Å². The molecule has 0 heterocycles. The first-order valence-corrected chi connectivity index (χ1v) is 6.98. The Kier molecular flexibility index (Phi) is 7.25. The van der Waals surface area contributed by atoms with Crippen LogP contribution >= 0.6 is 11.6 Å². The minimum atomic E-state index is -0.293. The van der Waals surface area contributed by atoms with Gasteiger partial charge in [0.15, 0.2) is 0 Å². The molecule has 0 radical (unpaired) electrons. The lowest BCUT2D eigenvalue weighted by molar-refractivity contribution is 0.459. The second-order valence-corrected chi connectivity index (χ2v) is 5.02. The highest BCUT2D eigenvalue weighted by atomic mass is 35.5. The number of hydrogen-bond acceptors (Lipinski definition) is 2. The van der Waals surface area contributed by atoms with Gasteiger partial charge in [0.2, 0.25) is 0 Å². The van der Waals surface area contributed by atoms with E-state index in [2.05, 4.69) is 12.3 Å². The maximum Gasteiger partial charge on any atom is 0.129 e. The summed E-state index contributed by atoms with van der Waals surface area (Å²) in [7, 11) is 0. The molecule has 0 aliphatic heterocycles. The molecule has 0 bridgehead atoms. The Morgan fingerprint density at radius 2 is 2.00 bits per heavy atom.